The fraction of sp³-hybridized carbons (Fsp3) is 0.200. The number of ether oxygens (including phenoxy) is 2. The zero-order chi connectivity index (χ0) is 9.97. The fourth-order valence-corrected chi connectivity index (χ4v) is 1.27. The first-order valence-electron chi connectivity index (χ1n) is 4.21. The van der Waals surface area contributed by atoms with Crippen molar-refractivity contribution in [2.24, 2.45) is 5.18 Å². The van der Waals surface area contributed by atoms with Gasteiger partial charge in [-0.25, -0.2) is 0 Å². The Balaban J connectivity index is 2.33. The molecule has 0 saturated carbocycles. The van der Waals surface area contributed by atoms with Gasteiger partial charge in [-0.15, -0.1) is 4.91 Å². The Kier molecular flexibility index (Phi) is 2.18. The molecule has 4 nitrogen and oxygen atoms in total. The van der Waals surface area contributed by atoms with Gasteiger partial charge in [0.15, 0.2) is 11.5 Å². The van der Waals surface area contributed by atoms with Gasteiger partial charge in [0, 0.05) is 0 Å². The summed E-state index contributed by atoms with van der Waals surface area (Å²) >= 11 is 0. The molecule has 0 bridgehead atoms. The van der Waals surface area contributed by atoms with Gasteiger partial charge in [0.2, 0.25) is 6.79 Å². The molecule has 0 N–H and O–H groups in total. The lowest BCUT2D eigenvalue weighted by Crippen LogP contribution is -1.92. The van der Waals surface area contributed by atoms with Crippen molar-refractivity contribution in [1.82, 2.24) is 0 Å². The minimum atomic E-state index is 0.257. The van der Waals surface area contributed by atoms with E-state index >= 15 is 0 Å². The summed E-state index contributed by atoms with van der Waals surface area (Å²) in [6.07, 6.45) is 1.69. The minimum absolute atomic E-state index is 0.257. The number of allylic oxidation sites excluding steroid dienone is 1. The highest BCUT2D eigenvalue weighted by Crippen LogP contribution is 2.32. The van der Waals surface area contributed by atoms with Crippen molar-refractivity contribution in [2.75, 3.05) is 6.79 Å². The van der Waals surface area contributed by atoms with E-state index in [1.165, 1.54) is 0 Å². The third-order valence-corrected chi connectivity index (χ3v) is 1.92. The average Bonchev–Trinajstić information content (AvgIpc) is 2.64. The summed E-state index contributed by atoms with van der Waals surface area (Å²) in [6, 6.07) is 5.48. The Morgan fingerprint density at radius 3 is 3.00 bits per heavy atom. The molecule has 0 fully saturated rings. The molecule has 4 heteroatoms. The second-order valence-electron chi connectivity index (χ2n) is 2.99. The molecule has 2 rings (SSSR count). The monoisotopic (exact) mass is 191 g/mol. The molecular weight excluding hydrogens is 182 g/mol. The quantitative estimate of drug-likeness (QED) is 0.675. The standard InChI is InChI=1S/C10H9NO3/c1-7(11-12)4-8-2-3-9-10(5-8)14-6-13-9/h2-5H,6H2,1H3. The van der Waals surface area contributed by atoms with Gasteiger partial charge in [-0.05, 0) is 35.9 Å². The van der Waals surface area contributed by atoms with Crippen molar-refractivity contribution in [3.05, 3.63) is 34.4 Å². The van der Waals surface area contributed by atoms with Crippen molar-refractivity contribution in [2.45, 2.75) is 6.92 Å². The maximum Gasteiger partial charge on any atom is 0.231 e. The van der Waals surface area contributed by atoms with E-state index in [1.54, 1.807) is 13.0 Å². The van der Waals surface area contributed by atoms with Crippen LogP contribution in [-0.4, -0.2) is 6.79 Å². The van der Waals surface area contributed by atoms with Crippen LogP contribution in [0.4, 0.5) is 0 Å². The van der Waals surface area contributed by atoms with Gasteiger partial charge < -0.3 is 9.47 Å². The first-order chi connectivity index (χ1) is 6.79. The van der Waals surface area contributed by atoms with Gasteiger partial charge in [-0.1, -0.05) is 6.07 Å². The third kappa shape index (κ3) is 1.59. The Morgan fingerprint density at radius 2 is 2.21 bits per heavy atom. The van der Waals surface area contributed by atoms with Gasteiger partial charge >= 0.3 is 0 Å². The Morgan fingerprint density at radius 1 is 1.43 bits per heavy atom. The van der Waals surface area contributed by atoms with Crippen LogP contribution in [0.1, 0.15) is 12.5 Å². The van der Waals surface area contributed by atoms with Crippen LogP contribution in [0.2, 0.25) is 0 Å². The van der Waals surface area contributed by atoms with E-state index in [4.69, 9.17) is 9.47 Å². The molecule has 0 atom stereocenters. The van der Waals surface area contributed by atoms with E-state index in [-0.39, 0.29) is 6.79 Å². The number of hydrogen-bond acceptors (Lipinski definition) is 4. The van der Waals surface area contributed by atoms with Crippen molar-refractivity contribution in [3.63, 3.8) is 0 Å². The van der Waals surface area contributed by atoms with Crippen LogP contribution in [-0.2, 0) is 0 Å². The average molecular weight is 191 g/mol. The first-order valence-corrected chi connectivity index (χ1v) is 4.21. The molecule has 0 aliphatic carbocycles. The molecule has 1 aliphatic heterocycles. The summed E-state index contributed by atoms with van der Waals surface area (Å²) in [6.45, 7) is 1.91. The zero-order valence-electron chi connectivity index (χ0n) is 7.69. The second-order valence-corrected chi connectivity index (χ2v) is 2.99. The smallest absolute Gasteiger partial charge is 0.231 e. The highest BCUT2D eigenvalue weighted by Gasteiger charge is 2.12. The largest absolute Gasteiger partial charge is 0.454 e. The summed E-state index contributed by atoms with van der Waals surface area (Å²) in [5.41, 5.74) is 1.32. The summed E-state index contributed by atoms with van der Waals surface area (Å²) in [5, 5.41) is 2.82. The van der Waals surface area contributed by atoms with Crippen molar-refractivity contribution in [1.29, 1.82) is 0 Å². The number of rotatable bonds is 2. The maximum absolute atomic E-state index is 10.2. The van der Waals surface area contributed by atoms with E-state index < -0.39 is 0 Å². The summed E-state index contributed by atoms with van der Waals surface area (Å²) < 4.78 is 10.4. The lowest BCUT2D eigenvalue weighted by atomic mass is 10.2. The molecule has 1 aliphatic rings. The molecule has 1 aromatic rings. The summed E-state index contributed by atoms with van der Waals surface area (Å²) in [5.74, 6) is 1.44. The lowest BCUT2D eigenvalue weighted by Gasteiger charge is -1.97. The van der Waals surface area contributed by atoms with Crippen molar-refractivity contribution >= 4 is 6.08 Å². The number of nitroso groups, excluding NO2 is 1. The normalized spacial score (nSPS) is 14.2. The number of fused-ring (bicyclic) bond motifs is 1. The van der Waals surface area contributed by atoms with Crippen LogP contribution in [0.15, 0.2) is 29.1 Å². The van der Waals surface area contributed by atoms with E-state index in [0.29, 0.717) is 11.4 Å². The molecule has 1 aromatic carbocycles. The van der Waals surface area contributed by atoms with Crippen LogP contribution in [0.5, 0.6) is 11.5 Å². The van der Waals surface area contributed by atoms with Crippen LogP contribution in [0.25, 0.3) is 6.08 Å². The predicted molar refractivity (Wildman–Crippen MR) is 52.0 cm³/mol. The zero-order valence-corrected chi connectivity index (χ0v) is 7.69. The molecular formula is C10H9NO3. The van der Waals surface area contributed by atoms with E-state index in [0.717, 1.165) is 11.3 Å². The topological polar surface area (TPSA) is 47.9 Å². The summed E-state index contributed by atoms with van der Waals surface area (Å²) in [4.78, 5) is 10.2. The Bertz CT molecular complexity index is 398. The number of benzene rings is 1. The number of hydrogen-bond donors (Lipinski definition) is 0. The SMILES string of the molecule is CC(=Cc1ccc2c(c1)OCO2)N=O. The van der Waals surface area contributed by atoms with Crippen molar-refractivity contribution < 1.29 is 9.47 Å². The molecule has 72 valence electrons. The predicted octanol–water partition coefficient (Wildman–Crippen LogP) is 2.54. The highest BCUT2D eigenvalue weighted by molar-refractivity contribution is 5.58. The molecule has 0 amide bonds. The van der Waals surface area contributed by atoms with Crippen LogP contribution in [0, 0.1) is 4.91 Å². The van der Waals surface area contributed by atoms with Crippen LogP contribution >= 0.6 is 0 Å². The van der Waals surface area contributed by atoms with Crippen LogP contribution in [0.3, 0.4) is 0 Å². The maximum atomic E-state index is 10.2. The van der Waals surface area contributed by atoms with Gasteiger partial charge in [0.1, 0.15) is 0 Å². The fourth-order valence-electron chi connectivity index (χ4n) is 1.27. The van der Waals surface area contributed by atoms with Gasteiger partial charge in [0.05, 0.1) is 5.70 Å². The molecule has 0 saturated heterocycles. The highest BCUT2D eigenvalue weighted by atomic mass is 16.7. The molecule has 0 radical (unpaired) electrons. The molecule has 14 heavy (non-hydrogen) atoms. The van der Waals surface area contributed by atoms with Crippen LogP contribution < -0.4 is 9.47 Å². The lowest BCUT2D eigenvalue weighted by molar-refractivity contribution is 0.174. The Hall–Kier alpha value is -1.84. The number of nitrogens with zero attached hydrogens (tertiary/aromatic N) is 1. The Labute approximate surface area is 81.1 Å². The third-order valence-electron chi connectivity index (χ3n) is 1.92. The summed E-state index contributed by atoms with van der Waals surface area (Å²) in [7, 11) is 0. The van der Waals surface area contributed by atoms with Crippen molar-refractivity contribution in [3.8, 4) is 11.5 Å². The molecule has 0 spiro atoms. The van der Waals surface area contributed by atoms with E-state index in [1.807, 2.05) is 18.2 Å². The second kappa shape index (κ2) is 3.49. The van der Waals surface area contributed by atoms with E-state index in [2.05, 4.69) is 5.18 Å². The van der Waals surface area contributed by atoms with E-state index in [9.17, 15) is 4.91 Å². The molecule has 0 aromatic heterocycles. The van der Waals surface area contributed by atoms with Gasteiger partial charge in [0.25, 0.3) is 0 Å². The first kappa shape index (κ1) is 8.74. The van der Waals surface area contributed by atoms with Gasteiger partial charge in [-0.3, -0.25) is 0 Å². The molecule has 0 unspecified atom stereocenters. The molecule has 1 heterocycles. The minimum Gasteiger partial charge on any atom is -0.454 e. The van der Waals surface area contributed by atoms with Gasteiger partial charge in [-0.2, -0.15) is 0 Å².